The molecule has 0 saturated heterocycles. The predicted octanol–water partition coefficient (Wildman–Crippen LogP) is 2.34. The first-order valence-corrected chi connectivity index (χ1v) is 4.68. The molecule has 0 aromatic heterocycles. The fraction of sp³-hybridized carbons (Fsp3) is 0.0833. The highest BCUT2D eigenvalue weighted by molar-refractivity contribution is 5.99. The number of rotatable bonds is 3. The van der Waals surface area contributed by atoms with Crippen LogP contribution in [0.5, 0.6) is 0 Å². The topological polar surface area (TPSA) is 55.1 Å². The summed E-state index contributed by atoms with van der Waals surface area (Å²) >= 11 is 0. The van der Waals surface area contributed by atoms with Gasteiger partial charge < -0.3 is 11.1 Å². The average molecular weight is 202 g/mol. The van der Waals surface area contributed by atoms with E-state index in [9.17, 15) is 4.79 Å². The first kappa shape index (κ1) is 11.0. The lowest BCUT2D eigenvalue weighted by molar-refractivity contribution is -0.111. The first-order chi connectivity index (χ1) is 7.22. The van der Waals surface area contributed by atoms with E-state index in [1.54, 1.807) is 36.4 Å². The van der Waals surface area contributed by atoms with Gasteiger partial charge in [0.15, 0.2) is 0 Å². The van der Waals surface area contributed by atoms with Crippen molar-refractivity contribution in [3.8, 4) is 0 Å². The van der Waals surface area contributed by atoms with Crippen molar-refractivity contribution in [1.29, 1.82) is 0 Å². The number of nitrogens with one attached hydrogen (secondary N) is 1. The molecule has 78 valence electrons. The molecule has 0 spiro atoms. The zero-order valence-electron chi connectivity index (χ0n) is 8.60. The summed E-state index contributed by atoms with van der Waals surface area (Å²) in [6.45, 7) is 1.89. The van der Waals surface area contributed by atoms with E-state index in [-0.39, 0.29) is 5.91 Å². The number of benzene rings is 1. The third-order valence-corrected chi connectivity index (χ3v) is 1.73. The van der Waals surface area contributed by atoms with Crippen molar-refractivity contribution in [1.82, 2.24) is 0 Å². The molecular formula is C12H14N2O. The lowest BCUT2D eigenvalue weighted by Gasteiger charge is -2.01. The smallest absolute Gasteiger partial charge is 0.248 e. The van der Waals surface area contributed by atoms with Crippen molar-refractivity contribution in [2.24, 2.45) is 0 Å². The van der Waals surface area contributed by atoms with E-state index in [1.165, 1.54) is 6.08 Å². The molecule has 1 aromatic carbocycles. The van der Waals surface area contributed by atoms with Crippen LogP contribution in [-0.2, 0) is 4.79 Å². The van der Waals surface area contributed by atoms with Gasteiger partial charge in [-0.3, -0.25) is 4.79 Å². The molecule has 0 bridgehead atoms. The lowest BCUT2D eigenvalue weighted by Crippen LogP contribution is -2.07. The second kappa shape index (κ2) is 5.65. The average Bonchev–Trinajstić information content (AvgIpc) is 2.22. The minimum atomic E-state index is -0.155. The molecule has 0 aliphatic rings. The van der Waals surface area contributed by atoms with Crippen LogP contribution >= 0.6 is 0 Å². The molecular weight excluding hydrogens is 188 g/mol. The molecule has 0 radical (unpaired) electrons. The summed E-state index contributed by atoms with van der Waals surface area (Å²) in [5, 5.41) is 2.71. The zero-order chi connectivity index (χ0) is 11.1. The maximum atomic E-state index is 11.3. The van der Waals surface area contributed by atoms with Gasteiger partial charge in [-0.2, -0.15) is 0 Å². The standard InChI is InChI=1S/C12H14N2O/c1-2-3-4-5-12(15)14-11-8-6-10(13)7-9-11/h2-9H,13H2,1H3,(H,14,15). The molecule has 0 heterocycles. The minimum absolute atomic E-state index is 0.155. The van der Waals surface area contributed by atoms with Gasteiger partial charge >= 0.3 is 0 Å². The maximum absolute atomic E-state index is 11.3. The summed E-state index contributed by atoms with van der Waals surface area (Å²) in [6.07, 6.45) is 6.80. The van der Waals surface area contributed by atoms with Crippen LogP contribution in [0.2, 0.25) is 0 Å². The van der Waals surface area contributed by atoms with Crippen LogP contribution in [0.25, 0.3) is 0 Å². The van der Waals surface area contributed by atoms with Crippen molar-refractivity contribution in [2.45, 2.75) is 6.92 Å². The summed E-state index contributed by atoms with van der Waals surface area (Å²) in [6, 6.07) is 7.00. The van der Waals surface area contributed by atoms with Gasteiger partial charge in [-0.15, -0.1) is 0 Å². The molecule has 3 heteroatoms. The molecule has 0 atom stereocenters. The number of hydrogen-bond donors (Lipinski definition) is 2. The van der Waals surface area contributed by atoms with Crippen molar-refractivity contribution in [3.05, 3.63) is 48.6 Å². The zero-order valence-corrected chi connectivity index (χ0v) is 8.60. The number of carbonyl (C=O) groups is 1. The van der Waals surface area contributed by atoms with Gasteiger partial charge in [-0.1, -0.05) is 18.2 Å². The molecule has 0 fully saturated rings. The number of carbonyl (C=O) groups excluding carboxylic acids is 1. The van der Waals surface area contributed by atoms with Crippen LogP contribution in [0.4, 0.5) is 11.4 Å². The Hall–Kier alpha value is -2.03. The molecule has 1 aromatic rings. The normalized spacial score (nSPS) is 11.0. The Morgan fingerprint density at radius 3 is 2.53 bits per heavy atom. The van der Waals surface area contributed by atoms with Crippen molar-refractivity contribution < 1.29 is 4.79 Å². The summed E-state index contributed by atoms with van der Waals surface area (Å²) < 4.78 is 0. The third kappa shape index (κ3) is 4.13. The summed E-state index contributed by atoms with van der Waals surface area (Å²) in [7, 11) is 0. The molecule has 1 rings (SSSR count). The molecule has 3 nitrogen and oxygen atoms in total. The largest absolute Gasteiger partial charge is 0.399 e. The summed E-state index contributed by atoms with van der Waals surface area (Å²) in [4.78, 5) is 11.3. The van der Waals surface area contributed by atoms with E-state index in [1.807, 2.05) is 13.0 Å². The van der Waals surface area contributed by atoms with Gasteiger partial charge in [0.25, 0.3) is 0 Å². The Labute approximate surface area is 89.3 Å². The quantitative estimate of drug-likeness (QED) is 0.449. The lowest BCUT2D eigenvalue weighted by atomic mass is 10.3. The second-order valence-corrected chi connectivity index (χ2v) is 3.00. The van der Waals surface area contributed by atoms with Crippen LogP contribution in [0.3, 0.4) is 0 Å². The molecule has 1 amide bonds. The number of amides is 1. The van der Waals surface area contributed by atoms with Crippen molar-refractivity contribution in [3.63, 3.8) is 0 Å². The number of anilines is 2. The Morgan fingerprint density at radius 2 is 1.93 bits per heavy atom. The van der Waals surface area contributed by atoms with Gasteiger partial charge in [0.2, 0.25) is 5.91 Å². The van der Waals surface area contributed by atoms with Gasteiger partial charge in [-0.25, -0.2) is 0 Å². The number of nitrogen functional groups attached to an aromatic ring is 1. The van der Waals surface area contributed by atoms with E-state index in [4.69, 9.17) is 5.73 Å². The molecule has 0 aliphatic carbocycles. The van der Waals surface area contributed by atoms with Crippen molar-refractivity contribution >= 4 is 17.3 Å². The second-order valence-electron chi connectivity index (χ2n) is 3.00. The minimum Gasteiger partial charge on any atom is -0.399 e. The highest BCUT2D eigenvalue weighted by Gasteiger charge is 1.95. The van der Waals surface area contributed by atoms with Gasteiger partial charge in [-0.05, 0) is 31.2 Å². The van der Waals surface area contributed by atoms with E-state index in [0.29, 0.717) is 5.69 Å². The molecule has 0 aliphatic heterocycles. The van der Waals surface area contributed by atoms with Crippen LogP contribution in [0.15, 0.2) is 48.6 Å². The number of nitrogens with two attached hydrogens (primary N) is 1. The Morgan fingerprint density at radius 1 is 1.27 bits per heavy atom. The molecule has 0 unspecified atom stereocenters. The molecule has 15 heavy (non-hydrogen) atoms. The van der Waals surface area contributed by atoms with Crippen molar-refractivity contribution in [2.75, 3.05) is 11.1 Å². The summed E-state index contributed by atoms with van der Waals surface area (Å²) in [5.74, 6) is -0.155. The Kier molecular flexibility index (Phi) is 4.16. The van der Waals surface area contributed by atoms with Crippen LogP contribution in [0.1, 0.15) is 6.92 Å². The van der Waals surface area contributed by atoms with Gasteiger partial charge in [0.05, 0.1) is 0 Å². The van der Waals surface area contributed by atoms with Crippen LogP contribution < -0.4 is 11.1 Å². The van der Waals surface area contributed by atoms with E-state index in [0.717, 1.165) is 5.69 Å². The SMILES string of the molecule is CC=CC=CC(=O)Nc1ccc(N)cc1. The highest BCUT2D eigenvalue weighted by Crippen LogP contribution is 2.10. The summed E-state index contributed by atoms with van der Waals surface area (Å²) in [5.41, 5.74) is 6.93. The van der Waals surface area contributed by atoms with E-state index in [2.05, 4.69) is 5.32 Å². The van der Waals surface area contributed by atoms with Gasteiger partial charge in [0.1, 0.15) is 0 Å². The fourth-order valence-corrected chi connectivity index (χ4v) is 1.00. The Balaban J connectivity index is 2.55. The fourth-order valence-electron chi connectivity index (χ4n) is 1.00. The van der Waals surface area contributed by atoms with Crippen LogP contribution in [0, 0.1) is 0 Å². The van der Waals surface area contributed by atoms with Gasteiger partial charge in [0, 0.05) is 17.5 Å². The number of allylic oxidation sites excluding steroid dienone is 3. The maximum Gasteiger partial charge on any atom is 0.248 e. The third-order valence-electron chi connectivity index (χ3n) is 1.73. The number of hydrogen-bond acceptors (Lipinski definition) is 2. The Bertz CT molecular complexity index is 377. The molecule has 0 saturated carbocycles. The van der Waals surface area contributed by atoms with E-state index < -0.39 is 0 Å². The monoisotopic (exact) mass is 202 g/mol. The predicted molar refractivity (Wildman–Crippen MR) is 63.4 cm³/mol. The first-order valence-electron chi connectivity index (χ1n) is 4.68. The van der Waals surface area contributed by atoms with E-state index >= 15 is 0 Å². The molecule has 3 N–H and O–H groups in total. The highest BCUT2D eigenvalue weighted by atomic mass is 16.1. The van der Waals surface area contributed by atoms with Crippen LogP contribution in [-0.4, -0.2) is 5.91 Å².